The second-order valence-electron chi connectivity index (χ2n) is 4.94. The molecule has 2 amide bonds. The molecule has 2 N–H and O–H groups in total. The highest BCUT2D eigenvalue weighted by atomic mass is 16.5. The fourth-order valence-corrected chi connectivity index (χ4v) is 2.03. The Labute approximate surface area is 134 Å². The first-order chi connectivity index (χ1) is 11.1. The molecule has 0 aliphatic carbocycles. The average molecular weight is 316 g/mol. The number of carbonyl (C=O) groups excluding carboxylic acids is 2. The number of amides is 2. The Kier molecular flexibility index (Phi) is 5.94. The molecule has 0 saturated carbocycles. The summed E-state index contributed by atoms with van der Waals surface area (Å²) in [6, 6.07) is 10.4. The third-order valence-corrected chi connectivity index (χ3v) is 3.18. The molecule has 0 saturated heterocycles. The topological polar surface area (TPSA) is 80.6 Å². The van der Waals surface area contributed by atoms with Gasteiger partial charge in [0.05, 0.1) is 0 Å². The number of carbonyl (C=O) groups is 2. The minimum atomic E-state index is -0.292. The standard InChI is InChI=1S/C17H20N2O4/c1-3-18-16(20)13-6-4-12(5-7-13)10-19-17(21)15-9-8-14(23-15)11-22-2/h4-9H,3,10-11H2,1-2H3,(H,18,20)(H,19,21). The quantitative estimate of drug-likeness (QED) is 0.820. The minimum Gasteiger partial charge on any atom is -0.453 e. The molecule has 2 aromatic rings. The van der Waals surface area contributed by atoms with Gasteiger partial charge in [-0.05, 0) is 36.8 Å². The maximum Gasteiger partial charge on any atom is 0.287 e. The lowest BCUT2D eigenvalue weighted by molar-refractivity contribution is 0.0912. The largest absolute Gasteiger partial charge is 0.453 e. The van der Waals surface area contributed by atoms with Crippen molar-refractivity contribution in [2.75, 3.05) is 13.7 Å². The van der Waals surface area contributed by atoms with Crippen molar-refractivity contribution in [1.29, 1.82) is 0 Å². The maximum absolute atomic E-state index is 12.0. The van der Waals surface area contributed by atoms with E-state index < -0.39 is 0 Å². The highest BCUT2D eigenvalue weighted by Gasteiger charge is 2.11. The van der Waals surface area contributed by atoms with Gasteiger partial charge in [0.2, 0.25) is 0 Å². The van der Waals surface area contributed by atoms with Crippen LogP contribution in [0, 0.1) is 0 Å². The Hall–Kier alpha value is -2.60. The molecule has 0 radical (unpaired) electrons. The van der Waals surface area contributed by atoms with Gasteiger partial charge >= 0.3 is 0 Å². The van der Waals surface area contributed by atoms with E-state index in [9.17, 15) is 9.59 Å². The van der Waals surface area contributed by atoms with Crippen LogP contribution in [0.15, 0.2) is 40.8 Å². The molecule has 1 heterocycles. The molecule has 0 bridgehead atoms. The van der Waals surface area contributed by atoms with Crippen LogP contribution in [-0.4, -0.2) is 25.5 Å². The molecule has 6 nitrogen and oxygen atoms in total. The molecule has 122 valence electrons. The van der Waals surface area contributed by atoms with Crippen molar-refractivity contribution in [3.05, 3.63) is 59.0 Å². The zero-order valence-corrected chi connectivity index (χ0v) is 13.2. The van der Waals surface area contributed by atoms with E-state index in [1.807, 2.05) is 19.1 Å². The third kappa shape index (κ3) is 4.69. The molecule has 2 rings (SSSR count). The fraction of sp³-hybridized carbons (Fsp3) is 0.294. The van der Waals surface area contributed by atoms with Gasteiger partial charge in [-0.25, -0.2) is 0 Å². The normalized spacial score (nSPS) is 10.3. The van der Waals surface area contributed by atoms with E-state index >= 15 is 0 Å². The lowest BCUT2D eigenvalue weighted by Crippen LogP contribution is -2.23. The Bertz CT molecular complexity index is 661. The van der Waals surface area contributed by atoms with Gasteiger partial charge in [0.1, 0.15) is 12.4 Å². The monoisotopic (exact) mass is 316 g/mol. The molecule has 0 aliphatic heterocycles. The molecule has 0 atom stereocenters. The van der Waals surface area contributed by atoms with Crippen LogP contribution in [0.25, 0.3) is 0 Å². The molecule has 0 unspecified atom stereocenters. The fourth-order valence-electron chi connectivity index (χ4n) is 2.03. The molecule has 0 aliphatic rings. The molecule has 1 aromatic carbocycles. The Balaban J connectivity index is 1.89. The van der Waals surface area contributed by atoms with Crippen molar-refractivity contribution in [2.24, 2.45) is 0 Å². The summed E-state index contributed by atoms with van der Waals surface area (Å²) < 4.78 is 10.3. The van der Waals surface area contributed by atoms with E-state index in [1.165, 1.54) is 0 Å². The van der Waals surface area contributed by atoms with Crippen molar-refractivity contribution in [3.8, 4) is 0 Å². The van der Waals surface area contributed by atoms with Crippen molar-refractivity contribution < 1.29 is 18.7 Å². The van der Waals surface area contributed by atoms with Crippen LogP contribution < -0.4 is 10.6 Å². The number of furan rings is 1. The van der Waals surface area contributed by atoms with Crippen LogP contribution in [0.5, 0.6) is 0 Å². The smallest absolute Gasteiger partial charge is 0.287 e. The third-order valence-electron chi connectivity index (χ3n) is 3.18. The van der Waals surface area contributed by atoms with Gasteiger partial charge in [-0.2, -0.15) is 0 Å². The number of hydrogen-bond acceptors (Lipinski definition) is 4. The van der Waals surface area contributed by atoms with E-state index in [0.717, 1.165) is 5.56 Å². The van der Waals surface area contributed by atoms with E-state index in [2.05, 4.69) is 10.6 Å². The highest BCUT2D eigenvalue weighted by Crippen LogP contribution is 2.09. The average Bonchev–Trinajstić information content (AvgIpc) is 3.02. The minimum absolute atomic E-state index is 0.107. The Morgan fingerprint density at radius 2 is 1.78 bits per heavy atom. The lowest BCUT2D eigenvalue weighted by Gasteiger charge is -2.06. The van der Waals surface area contributed by atoms with Crippen molar-refractivity contribution in [2.45, 2.75) is 20.1 Å². The zero-order chi connectivity index (χ0) is 16.7. The first kappa shape index (κ1) is 16.8. The van der Waals surface area contributed by atoms with Crippen LogP contribution in [0.2, 0.25) is 0 Å². The van der Waals surface area contributed by atoms with E-state index in [1.54, 1.807) is 31.4 Å². The van der Waals surface area contributed by atoms with Crippen molar-refractivity contribution >= 4 is 11.8 Å². The number of benzene rings is 1. The van der Waals surface area contributed by atoms with E-state index in [4.69, 9.17) is 9.15 Å². The van der Waals surface area contributed by atoms with Gasteiger partial charge in [-0.15, -0.1) is 0 Å². The second kappa shape index (κ2) is 8.14. The molecule has 23 heavy (non-hydrogen) atoms. The molecule has 0 spiro atoms. The van der Waals surface area contributed by atoms with E-state index in [0.29, 0.717) is 31.0 Å². The van der Waals surface area contributed by atoms with Gasteiger partial charge < -0.3 is 19.8 Å². The molecule has 1 aromatic heterocycles. The summed E-state index contributed by atoms with van der Waals surface area (Å²) in [6.45, 7) is 3.14. The predicted molar refractivity (Wildman–Crippen MR) is 85.0 cm³/mol. The summed E-state index contributed by atoms with van der Waals surface area (Å²) in [5.41, 5.74) is 1.49. The van der Waals surface area contributed by atoms with E-state index in [-0.39, 0.29) is 17.6 Å². The van der Waals surface area contributed by atoms with Crippen molar-refractivity contribution in [1.82, 2.24) is 10.6 Å². The summed E-state index contributed by atoms with van der Waals surface area (Å²) in [5.74, 6) is 0.449. The number of ether oxygens (including phenoxy) is 1. The van der Waals surface area contributed by atoms with Crippen LogP contribution >= 0.6 is 0 Å². The Morgan fingerprint density at radius 1 is 1.04 bits per heavy atom. The number of nitrogens with one attached hydrogen (secondary N) is 2. The molecular weight excluding hydrogens is 296 g/mol. The Morgan fingerprint density at radius 3 is 2.43 bits per heavy atom. The van der Waals surface area contributed by atoms with Crippen molar-refractivity contribution in [3.63, 3.8) is 0 Å². The molecular formula is C17H20N2O4. The van der Waals surface area contributed by atoms with Crippen LogP contribution in [0.3, 0.4) is 0 Å². The summed E-state index contributed by atoms with van der Waals surface area (Å²) in [5, 5.41) is 5.50. The molecule has 6 heteroatoms. The van der Waals surface area contributed by atoms with Gasteiger partial charge in [-0.3, -0.25) is 9.59 Å². The second-order valence-corrected chi connectivity index (χ2v) is 4.94. The SMILES string of the molecule is CCNC(=O)c1ccc(CNC(=O)c2ccc(COC)o2)cc1. The lowest BCUT2D eigenvalue weighted by atomic mass is 10.1. The van der Waals surface area contributed by atoms with Gasteiger partial charge in [0.15, 0.2) is 5.76 Å². The van der Waals surface area contributed by atoms with Gasteiger partial charge in [0.25, 0.3) is 11.8 Å². The van der Waals surface area contributed by atoms with Gasteiger partial charge in [0, 0.05) is 25.8 Å². The summed E-state index contributed by atoms with van der Waals surface area (Å²) >= 11 is 0. The van der Waals surface area contributed by atoms with Gasteiger partial charge in [-0.1, -0.05) is 12.1 Å². The summed E-state index contributed by atoms with van der Waals surface area (Å²) in [7, 11) is 1.56. The highest BCUT2D eigenvalue weighted by molar-refractivity contribution is 5.94. The number of hydrogen-bond donors (Lipinski definition) is 2. The zero-order valence-electron chi connectivity index (χ0n) is 13.2. The van der Waals surface area contributed by atoms with Crippen LogP contribution in [0.4, 0.5) is 0 Å². The maximum atomic E-state index is 12.0. The molecule has 0 fully saturated rings. The summed E-state index contributed by atoms with van der Waals surface area (Å²) in [4.78, 5) is 23.6. The predicted octanol–water partition coefficient (Wildman–Crippen LogP) is 2.11. The van der Waals surface area contributed by atoms with Crippen LogP contribution in [0.1, 0.15) is 39.2 Å². The number of methoxy groups -OCH3 is 1. The first-order valence-corrected chi connectivity index (χ1v) is 7.37. The number of rotatable bonds is 7. The first-order valence-electron chi connectivity index (χ1n) is 7.37. The van der Waals surface area contributed by atoms with Crippen LogP contribution in [-0.2, 0) is 17.9 Å². The summed E-state index contributed by atoms with van der Waals surface area (Å²) in [6.07, 6.45) is 0.